The summed E-state index contributed by atoms with van der Waals surface area (Å²) in [5.74, 6) is -2.14. The maximum absolute atomic E-state index is 13.4. The molecule has 0 radical (unpaired) electrons. The third-order valence-corrected chi connectivity index (χ3v) is 3.22. The Kier molecular flexibility index (Phi) is 5.20. The Morgan fingerprint density at radius 3 is 2.48 bits per heavy atom. The van der Waals surface area contributed by atoms with Gasteiger partial charge in [-0.3, -0.25) is 10.1 Å². The lowest BCUT2D eigenvalue weighted by Gasteiger charge is -2.11. The molecule has 2 aromatic rings. The molecule has 0 heterocycles. The van der Waals surface area contributed by atoms with Crippen molar-refractivity contribution in [1.29, 1.82) is 5.26 Å². The third-order valence-electron chi connectivity index (χ3n) is 3.22. The molecule has 0 saturated carbocycles. The Morgan fingerprint density at radius 1 is 1.22 bits per heavy atom. The van der Waals surface area contributed by atoms with Gasteiger partial charge in [0.15, 0.2) is 11.6 Å². The number of ether oxygens (including phenoxy) is 1. The number of nitrogens with zero attached hydrogens (tertiary/aromatic N) is 2. The lowest BCUT2D eigenvalue weighted by molar-refractivity contribution is -0.384. The summed E-state index contributed by atoms with van der Waals surface area (Å²) in [6, 6.07) is 10.7. The number of nitro groups is 1. The Bertz CT molecular complexity index is 742. The van der Waals surface area contributed by atoms with Gasteiger partial charge in [0.25, 0.3) is 5.69 Å². The van der Waals surface area contributed by atoms with E-state index in [2.05, 4.69) is 6.07 Å². The molecule has 0 fully saturated rings. The van der Waals surface area contributed by atoms with Gasteiger partial charge in [0.2, 0.25) is 0 Å². The van der Waals surface area contributed by atoms with Gasteiger partial charge >= 0.3 is 0 Å². The summed E-state index contributed by atoms with van der Waals surface area (Å²) in [5.41, 5.74) is 0.552. The first kappa shape index (κ1) is 16.4. The van der Waals surface area contributed by atoms with Crippen molar-refractivity contribution in [3.8, 4) is 11.8 Å². The number of non-ortho nitro benzene ring substituents is 1. The van der Waals surface area contributed by atoms with Crippen molar-refractivity contribution in [2.75, 3.05) is 6.61 Å². The third kappa shape index (κ3) is 4.23. The SMILES string of the molecule is N#CC(CCOc1ccc(F)cc1F)c1ccc([N+](=O)[O-])cc1. The van der Waals surface area contributed by atoms with Crippen molar-refractivity contribution in [2.24, 2.45) is 0 Å². The van der Waals surface area contributed by atoms with Gasteiger partial charge in [-0.1, -0.05) is 12.1 Å². The van der Waals surface area contributed by atoms with E-state index in [1.54, 1.807) is 0 Å². The minimum atomic E-state index is -0.811. The zero-order chi connectivity index (χ0) is 16.8. The highest BCUT2D eigenvalue weighted by atomic mass is 19.1. The number of hydrogen-bond donors (Lipinski definition) is 0. The minimum absolute atomic E-state index is 0.0533. The summed E-state index contributed by atoms with van der Waals surface area (Å²) in [6.45, 7) is 0.0533. The van der Waals surface area contributed by atoms with Crippen LogP contribution < -0.4 is 4.74 Å². The zero-order valence-electron chi connectivity index (χ0n) is 11.9. The number of benzene rings is 2. The normalized spacial score (nSPS) is 11.5. The van der Waals surface area contributed by atoms with E-state index in [0.717, 1.165) is 6.07 Å². The lowest BCUT2D eigenvalue weighted by atomic mass is 9.97. The second-order valence-corrected chi connectivity index (χ2v) is 4.74. The molecule has 1 atom stereocenters. The number of hydrogen-bond acceptors (Lipinski definition) is 4. The summed E-state index contributed by atoms with van der Waals surface area (Å²) in [7, 11) is 0. The smallest absolute Gasteiger partial charge is 0.269 e. The molecule has 0 aliphatic carbocycles. The number of nitro benzene ring substituents is 1. The molecular formula is C16H12F2N2O3. The van der Waals surface area contributed by atoms with Crippen molar-refractivity contribution in [2.45, 2.75) is 12.3 Å². The highest BCUT2D eigenvalue weighted by Crippen LogP contribution is 2.23. The largest absolute Gasteiger partial charge is 0.490 e. The Balaban J connectivity index is 1.97. The summed E-state index contributed by atoms with van der Waals surface area (Å²) < 4.78 is 31.4. The van der Waals surface area contributed by atoms with Crippen LogP contribution in [0.5, 0.6) is 5.75 Å². The molecule has 0 amide bonds. The van der Waals surface area contributed by atoms with E-state index in [4.69, 9.17) is 4.74 Å². The van der Waals surface area contributed by atoms with Gasteiger partial charge in [0.1, 0.15) is 5.82 Å². The molecule has 2 aromatic carbocycles. The molecule has 0 aliphatic heterocycles. The van der Waals surface area contributed by atoms with Crippen molar-refractivity contribution in [1.82, 2.24) is 0 Å². The molecule has 23 heavy (non-hydrogen) atoms. The highest BCUT2D eigenvalue weighted by molar-refractivity contribution is 5.36. The van der Waals surface area contributed by atoms with E-state index in [-0.39, 0.29) is 24.5 Å². The van der Waals surface area contributed by atoms with Crippen molar-refractivity contribution in [3.05, 3.63) is 69.8 Å². The van der Waals surface area contributed by atoms with Gasteiger partial charge in [-0.25, -0.2) is 8.78 Å². The quantitative estimate of drug-likeness (QED) is 0.597. The van der Waals surface area contributed by atoms with Crippen LogP contribution in [-0.2, 0) is 0 Å². The van der Waals surface area contributed by atoms with Gasteiger partial charge in [-0.15, -0.1) is 0 Å². The van der Waals surface area contributed by atoms with Crippen molar-refractivity contribution in [3.63, 3.8) is 0 Å². The van der Waals surface area contributed by atoms with Crippen LogP contribution in [0.1, 0.15) is 17.9 Å². The summed E-state index contributed by atoms with van der Waals surface area (Å²) >= 11 is 0. The first-order valence-electron chi connectivity index (χ1n) is 6.73. The Hall–Kier alpha value is -3.01. The first-order chi connectivity index (χ1) is 11.0. The van der Waals surface area contributed by atoms with E-state index in [1.165, 1.54) is 30.3 Å². The maximum atomic E-state index is 13.4. The predicted octanol–water partition coefficient (Wildman–Crippen LogP) is 3.95. The van der Waals surface area contributed by atoms with Crippen LogP contribution in [0.4, 0.5) is 14.5 Å². The molecule has 5 nitrogen and oxygen atoms in total. The van der Waals surface area contributed by atoms with E-state index in [1.807, 2.05) is 0 Å². The fourth-order valence-corrected chi connectivity index (χ4v) is 2.01. The fourth-order valence-electron chi connectivity index (χ4n) is 2.01. The molecule has 0 N–H and O–H groups in total. The lowest BCUT2D eigenvalue weighted by Crippen LogP contribution is -2.05. The van der Waals surface area contributed by atoms with Crippen molar-refractivity contribution < 1.29 is 18.4 Å². The number of nitriles is 1. The topological polar surface area (TPSA) is 76.2 Å². The van der Waals surface area contributed by atoms with E-state index in [9.17, 15) is 24.2 Å². The monoisotopic (exact) mass is 318 g/mol. The number of halogens is 2. The minimum Gasteiger partial charge on any atom is -0.490 e. The summed E-state index contributed by atoms with van der Waals surface area (Å²) in [4.78, 5) is 10.1. The molecule has 0 spiro atoms. The second-order valence-electron chi connectivity index (χ2n) is 4.74. The molecule has 0 aliphatic rings. The highest BCUT2D eigenvalue weighted by Gasteiger charge is 2.14. The number of rotatable bonds is 6. The van der Waals surface area contributed by atoms with Gasteiger partial charge in [-0.2, -0.15) is 5.26 Å². The summed E-state index contributed by atoms with van der Waals surface area (Å²) in [6.07, 6.45) is 0.269. The maximum Gasteiger partial charge on any atom is 0.269 e. The zero-order valence-corrected chi connectivity index (χ0v) is 11.9. The van der Waals surface area contributed by atoms with Crippen LogP contribution >= 0.6 is 0 Å². The first-order valence-corrected chi connectivity index (χ1v) is 6.73. The molecule has 1 unspecified atom stereocenters. The average Bonchev–Trinajstić information content (AvgIpc) is 2.53. The van der Waals surface area contributed by atoms with E-state index >= 15 is 0 Å². The summed E-state index contributed by atoms with van der Waals surface area (Å²) in [5, 5.41) is 19.8. The molecule has 0 aromatic heterocycles. The molecular weight excluding hydrogens is 306 g/mol. The molecule has 0 bridgehead atoms. The molecule has 7 heteroatoms. The Labute approximate surface area is 130 Å². The van der Waals surface area contributed by atoms with Crippen LogP contribution in [-0.4, -0.2) is 11.5 Å². The van der Waals surface area contributed by atoms with Crippen LogP contribution in [0.15, 0.2) is 42.5 Å². The van der Waals surface area contributed by atoms with Crippen LogP contribution in [0.25, 0.3) is 0 Å². The Morgan fingerprint density at radius 2 is 1.91 bits per heavy atom. The van der Waals surface area contributed by atoms with Gasteiger partial charge < -0.3 is 4.74 Å². The van der Waals surface area contributed by atoms with Crippen LogP contribution in [0.2, 0.25) is 0 Å². The van der Waals surface area contributed by atoms with Gasteiger partial charge in [0.05, 0.1) is 23.5 Å². The molecule has 118 valence electrons. The molecule has 0 saturated heterocycles. The average molecular weight is 318 g/mol. The van der Waals surface area contributed by atoms with Crippen LogP contribution in [0, 0.1) is 33.1 Å². The van der Waals surface area contributed by atoms with E-state index < -0.39 is 22.5 Å². The van der Waals surface area contributed by atoms with Crippen LogP contribution in [0.3, 0.4) is 0 Å². The van der Waals surface area contributed by atoms with Gasteiger partial charge in [0, 0.05) is 24.6 Å². The van der Waals surface area contributed by atoms with Crippen molar-refractivity contribution >= 4 is 5.69 Å². The standard InChI is InChI=1S/C16H12F2N2O3/c17-13-3-6-16(15(18)9-13)23-8-7-12(10-19)11-1-4-14(5-2-11)20(21)22/h1-6,9,12H,7-8H2. The molecule has 2 rings (SSSR count). The predicted molar refractivity (Wildman–Crippen MR) is 77.9 cm³/mol. The fraction of sp³-hybridized carbons (Fsp3) is 0.188. The van der Waals surface area contributed by atoms with E-state index in [0.29, 0.717) is 11.6 Å². The second kappa shape index (κ2) is 7.31. The van der Waals surface area contributed by atoms with Gasteiger partial charge in [-0.05, 0) is 17.7 Å².